The third-order valence-corrected chi connectivity index (χ3v) is 4.22. The molecule has 0 aromatic heterocycles. The van der Waals surface area contributed by atoms with E-state index in [1.807, 2.05) is 0 Å². The van der Waals surface area contributed by atoms with Gasteiger partial charge < -0.3 is 9.47 Å². The number of rotatable bonds is 6. The predicted molar refractivity (Wildman–Crippen MR) is 106 cm³/mol. The van der Waals surface area contributed by atoms with Gasteiger partial charge in [0.2, 0.25) is 0 Å². The van der Waals surface area contributed by atoms with Crippen LogP contribution in [0.1, 0.15) is 12.5 Å². The second-order valence-electron chi connectivity index (χ2n) is 6.05. The molecule has 0 unspecified atom stereocenters. The molecule has 2 aromatic rings. The molecule has 0 radical (unpaired) electrons. The lowest BCUT2D eigenvalue weighted by atomic mass is 10.1. The number of nitro groups is 1. The zero-order valence-corrected chi connectivity index (χ0v) is 16.1. The van der Waals surface area contributed by atoms with Crippen molar-refractivity contribution in [1.82, 2.24) is 5.32 Å². The summed E-state index contributed by atoms with van der Waals surface area (Å²) < 4.78 is 10.4. The molecule has 154 valence electrons. The van der Waals surface area contributed by atoms with Gasteiger partial charge in [0.05, 0.1) is 24.3 Å². The Morgan fingerprint density at radius 3 is 2.53 bits per heavy atom. The number of urea groups is 1. The van der Waals surface area contributed by atoms with Gasteiger partial charge >= 0.3 is 11.7 Å². The molecule has 0 aliphatic carbocycles. The van der Waals surface area contributed by atoms with E-state index in [9.17, 15) is 24.5 Å². The lowest BCUT2D eigenvalue weighted by molar-refractivity contribution is -0.385. The summed E-state index contributed by atoms with van der Waals surface area (Å²) in [6, 6.07) is 9.44. The first-order valence-electron chi connectivity index (χ1n) is 8.83. The molecule has 1 saturated heterocycles. The average molecular weight is 411 g/mol. The quantitative estimate of drug-likeness (QED) is 0.335. The number of hydrogen-bond acceptors (Lipinski definition) is 7. The number of amides is 4. The van der Waals surface area contributed by atoms with E-state index in [0.29, 0.717) is 6.61 Å². The standard InChI is InChI=1S/C20H17N3O7/c1-3-30-17-7-5-4-6-14(17)22-19(25)13(18(24)21-20(22)26)10-12-8-9-16(29-2)15(11-12)23(27)28/h4-11H,3H2,1-2H3,(H,21,24,26). The monoisotopic (exact) mass is 411 g/mol. The number of nitrogens with one attached hydrogen (secondary N) is 1. The summed E-state index contributed by atoms with van der Waals surface area (Å²) in [4.78, 5) is 49.1. The second-order valence-corrected chi connectivity index (χ2v) is 6.05. The third kappa shape index (κ3) is 3.83. The molecule has 1 N–H and O–H groups in total. The van der Waals surface area contributed by atoms with Crippen LogP contribution in [0.3, 0.4) is 0 Å². The normalized spacial score (nSPS) is 15.2. The van der Waals surface area contributed by atoms with Crippen molar-refractivity contribution in [2.24, 2.45) is 0 Å². The van der Waals surface area contributed by atoms with E-state index >= 15 is 0 Å². The Labute approximate surface area is 170 Å². The number of para-hydroxylation sites is 2. The summed E-state index contributed by atoms with van der Waals surface area (Å²) in [6.45, 7) is 2.05. The number of carbonyl (C=O) groups excluding carboxylic acids is 3. The summed E-state index contributed by atoms with van der Waals surface area (Å²) in [5.74, 6) is -1.47. The number of carbonyl (C=O) groups is 3. The van der Waals surface area contributed by atoms with Crippen LogP contribution in [-0.4, -0.2) is 36.5 Å². The fourth-order valence-electron chi connectivity index (χ4n) is 2.90. The largest absolute Gasteiger partial charge is 0.492 e. The van der Waals surface area contributed by atoms with Gasteiger partial charge in [0.1, 0.15) is 11.3 Å². The van der Waals surface area contributed by atoms with Crippen LogP contribution in [0.4, 0.5) is 16.2 Å². The van der Waals surface area contributed by atoms with Crippen molar-refractivity contribution in [3.63, 3.8) is 0 Å². The van der Waals surface area contributed by atoms with Crippen LogP contribution in [0.5, 0.6) is 11.5 Å². The SMILES string of the molecule is CCOc1ccccc1N1C(=O)NC(=O)C(=Cc2ccc(OC)c([N+](=O)[O-])c2)C1=O. The molecule has 0 bridgehead atoms. The Morgan fingerprint density at radius 2 is 1.87 bits per heavy atom. The summed E-state index contributed by atoms with van der Waals surface area (Å²) in [5, 5.41) is 13.3. The zero-order valence-electron chi connectivity index (χ0n) is 16.1. The molecule has 0 saturated carbocycles. The fourth-order valence-corrected chi connectivity index (χ4v) is 2.90. The number of methoxy groups -OCH3 is 1. The van der Waals surface area contributed by atoms with Crippen molar-refractivity contribution < 1.29 is 28.8 Å². The van der Waals surface area contributed by atoms with Gasteiger partial charge in [-0.1, -0.05) is 18.2 Å². The predicted octanol–water partition coefficient (Wildman–Crippen LogP) is 2.67. The van der Waals surface area contributed by atoms with E-state index < -0.39 is 22.8 Å². The molecule has 4 amide bonds. The molecule has 1 aliphatic heterocycles. The van der Waals surface area contributed by atoms with Crippen molar-refractivity contribution in [1.29, 1.82) is 0 Å². The Balaban J connectivity index is 2.05. The molecule has 1 fully saturated rings. The molecular weight excluding hydrogens is 394 g/mol. The summed E-state index contributed by atoms with van der Waals surface area (Å²) in [5.41, 5.74) is -0.306. The smallest absolute Gasteiger partial charge is 0.336 e. The van der Waals surface area contributed by atoms with Crippen LogP contribution in [-0.2, 0) is 9.59 Å². The highest BCUT2D eigenvalue weighted by Gasteiger charge is 2.38. The van der Waals surface area contributed by atoms with Gasteiger partial charge in [-0.05, 0) is 36.8 Å². The van der Waals surface area contributed by atoms with Crippen LogP contribution in [0.25, 0.3) is 6.08 Å². The maximum Gasteiger partial charge on any atom is 0.336 e. The van der Waals surface area contributed by atoms with Gasteiger partial charge in [0, 0.05) is 6.07 Å². The van der Waals surface area contributed by atoms with Crippen molar-refractivity contribution in [3.05, 3.63) is 63.7 Å². The van der Waals surface area contributed by atoms with Gasteiger partial charge in [0.25, 0.3) is 11.8 Å². The van der Waals surface area contributed by atoms with Crippen LogP contribution in [0.15, 0.2) is 48.0 Å². The molecular formula is C20H17N3O7. The number of anilines is 1. The molecule has 1 aliphatic rings. The van der Waals surface area contributed by atoms with E-state index in [4.69, 9.17) is 9.47 Å². The van der Waals surface area contributed by atoms with E-state index in [1.54, 1.807) is 25.1 Å². The van der Waals surface area contributed by atoms with Gasteiger partial charge in [-0.3, -0.25) is 25.0 Å². The number of nitrogens with zero attached hydrogens (tertiary/aromatic N) is 2. The minimum atomic E-state index is -0.921. The highest BCUT2D eigenvalue weighted by atomic mass is 16.6. The van der Waals surface area contributed by atoms with Crippen molar-refractivity contribution in [2.75, 3.05) is 18.6 Å². The highest BCUT2D eigenvalue weighted by molar-refractivity contribution is 6.39. The molecule has 0 atom stereocenters. The Hall–Kier alpha value is -4.21. The molecule has 1 heterocycles. The van der Waals surface area contributed by atoms with Crippen LogP contribution in [0, 0.1) is 10.1 Å². The lowest BCUT2D eigenvalue weighted by Gasteiger charge is -2.27. The number of benzene rings is 2. The van der Waals surface area contributed by atoms with E-state index in [0.717, 1.165) is 4.90 Å². The fraction of sp³-hybridized carbons (Fsp3) is 0.150. The van der Waals surface area contributed by atoms with E-state index in [2.05, 4.69) is 5.32 Å². The van der Waals surface area contributed by atoms with Gasteiger partial charge in [-0.25, -0.2) is 9.69 Å². The summed E-state index contributed by atoms with van der Waals surface area (Å²) >= 11 is 0. The zero-order chi connectivity index (χ0) is 21.8. The number of ether oxygens (including phenoxy) is 2. The topological polar surface area (TPSA) is 128 Å². The lowest BCUT2D eigenvalue weighted by Crippen LogP contribution is -2.54. The Morgan fingerprint density at radius 1 is 1.13 bits per heavy atom. The number of imide groups is 2. The van der Waals surface area contributed by atoms with Crippen LogP contribution >= 0.6 is 0 Å². The molecule has 2 aromatic carbocycles. The Kier molecular flexibility index (Phi) is 5.77. The molecule has 10 heteroatoms. The minimum absolute atomic E-state index is 0.0315. The second kappa shape index (κ2) is 8.43. The van der Waals surface area contributed by atoms with Gasteiger partial charge in [-0.2, -0.15) is 0 Å². The van der Waals surface area contributed by atoms with E-state index in [-0.39, 0.29) is 34.0 Å². The van der Waals surface area contributed by atoms with Crippen LogP contribution in [0.2, 0.25) is 0 Å². The number of nitro benzene ring substituents is 1. The molecule has 3 rings (SSSR count). The van der Waals surface area contributed by atoms with Gasteiger partial charge in [-0.15, -0.1) is 0 Å². The third-order valence-electron chi connectivity index (χ3n) is 4.22. The maximum atomic E-state index is 13.0. The number of barbiturate groups is 1. The van der Waals surface area contributed by atoms with E-state index in [1.165, 1.54) is 37.5 Å². The summed E-state index contributed by atoms with van der Waals surface area (Å²) in [7, 11) is 1.29. The summed E-state index contributed by atoms with van der Waals surface area (Å²) in [6.07, 6.45) is 1.17. The van der Waals surface area contributed by atoms with Crippen molar-refractivity contribution in [2.45, 2.75) is 6.92 Å². The average Bonchev–Trinajstić information content (AvgIpc) is 2.72. The molecule has 10 nitrogen and oxygen atoms in total. The first-order valence-corrected chi connectivity index (χ1v) is 8.83. The highest BCUT2D eigenvalue weighted by Crippen LogP contribution is 2.32. The first-order chi connectivity index (χ1) is 14.4. The Bertz CT molecular complexity index is 1080. The molecule has 30 heavy (non-hydrogen) atoms. The molecule has 0 spiro atoms. The minimum Gasteiger partial charge on any atom is -0.492 e. The van der Waals surface area contributed by atoms with Crippen molar-refractivity contribution in [3.8, 4) is 11.5 Å². The maximum absolute atomic E-state index is 13.0. The number of hydrogen-bond donors (Lipinski definition) is 1. The van der Waals surface area contributed by atoms with Gasteiger partial charge in [0.15, 0.2) is 5.75 Å². The first kappa shape index (κ1) is 20.5. The van der Waals surface area contributed by atoms with Crippen LogP contribution < -0.4 is 19.7 Å². The van der Waals surface area contributed by atoms with Crippen molar-refractivity contribution >= 4 is 35.3 Å².